The highest BCUT2D eigenvalue weighted by molar-refractivity contribution is 5.87. The molecule has 2 aliphatic rings. The predicted octanol–water partition coefficient (Wildman–Crippen LogP) is 2.10. The van der Waals surface area contributed by atoms with Crippen LogP contribution >= 0.6 is 0 Å². The molecule has 0 saturated carbocycles. The first-order valence-electron chi connectivity index (χ1n) is 9.73. The highest BCUT2D eigenvalue weighted by Gasteiger charge is 2.34. The Balaban J connectivity index is 1.44. The maximum absolute atomic E-state index is 14.4. The van der Waals surface area contributed by atoms with Crippen LogP contribution in [0.15, 0.2) is 24.5 Å². The molecule has 3 aromatic heterocycles. The standard InChI is InChI=1S/C19H23FN8/c20-19(12-21)5-9-27(10-6-19)15-11-23-16-17(24-15)25-26-18(16)28-8-2-3-13-14(28)4-1-7-22-13/h1,4,7,11H,2-3,5-6,8-10,12,21H2,(H,24,25,26). The fourth-order valence-electron chi connectivity index (χ4n) is 4.07. The number of aromatic amines is 1. The third kappa shape index (κ3) is 2.86. The number of aryl methyl sites for hydroxylation is 1. The summed E-state index contributed by atoms with van der Waals surface area (Å²) in [5.41, 5.74) is 7.83. The van der Waals surface area contributed by atoms with Crippen molar-refractivity contribution >= 4 is 28.5 Å². The summed E-state index contributed by atoms with van der Waals surface area (Å²) in [6.45, 7) is 2.10. The zero-order valence-corrected chi connectivity index (χ0v) is 15.6. The highest BCUT2D eigenvalue weighted by atomic mass is 19.1. The summed E-state index contributed by atoms with van der Waals surface area (Å²) in [7, 11) is 0. The average Bonchev–Trinajstić information content (AvgIpc) is 3.17. The van der Waals surface area contributed by atoms with E-state index >= 15 is 0 Å². The van der Waals surface area contributed by atoms with Gasteiger partial charge in [-0.3, -0.25) is 10.1 Å². The van der Waals surface area contributed by atoms with Gasteiger partial charge in [-0.15, -0.1) is 0 Å². The summed E-state index contributed by atoms with van der Waals surface area (Å²) in [6, 6.07) is 4.01. The van der Waals surface area contributed by atoms with Crippen LogP contribution in [-0.4, -0.2) is 57.0 Å². The van der Waals surface area contributed by atoms with Crippen molar-refractivity contribution in [3.63, 3.8) is 0 Å². The van der Waals surface area contributed by atoms with Crippen LogP contribution < -0.4 is 15.5 Å². The van der Waals surface area contributed by atoms with Gasteiger partial charge in [-0.2, -0.15) is 5.10 Å². The van der Waals surface area contributed by atoms with Gasteiger partial charge in [0.2, 0.25) is 0 Å². The summed E-state index contributed by atoms with van der Waals surface area (Å²) in [5, 5.41) is 7.51. The fraction of sp³-hybridized carbons (Fsp3) is 0.474. The molecule has 9 heteroatoms. The Hall–Kier alpha value is -2.81. The molecule has 3 N–H and O–H groups in total. The van der Waals surface area contributed by atoms with E-state index in [1.807, 2.05) is 12.3 Å². The quantitative estimate of drug-likeness (QED) is 0.715. The monoisotopic (exact) mass is 382 g/mol. The van der Waals surface area contributed by atoms with Crippen LogP contribution in [0.5, 0.6) is 0 Å². The first kappa shape index (κ1) is 17.3. The minimum atomic E-state index is -1.26. The van der Waals surface area contributed by atoms with Crippen molar-refractivity contribution in [2.75, 3.05) is 36.0 Å². The minimum absolute atomic E-state index is 0.0711. The Morgan fingerprint density at radius 2 is 2.07 bits per heavy atom. The number of piperidine rings is 1. The highest BCUT2D eigenvalue weighted by Crippen LogP contribution is 2.34. The lowest BCUT2D eigenvalue weighted by Gasteiger charge is -2.36. The largest absolute Gasteiger partial charge is 0.355 e. The molecule has 0 amide bonds. The molecule has 8 nitrogen and oxygen atoms in total. The lowest BCUT2D eigenvalue weighted by atomic mass is 9.93. The van der Waals surface area contributed by atoms with Crippen molar-refractivity contribution in [1.29, 1.82) is 0 Å². The van der Waals surface area contributed by atoms with E-state index in [1.54, 1.807) is 6.20 Å². The average molecular weight is 382 g/mol. The number of rotatable bonds is 3. The molecule has 146 valence electrons. The minimum Gasteiger partial charge on any atom is -0.355 e. The predicted molar refractivity (Wildman–Crippen MR) is 106 cm³/mol. The van der Waals surface area contributed by atoms with Gasteiger partial charge < -0.3 is 15.5 Å². The Labute approximate surface area is 162 Å². The molecule has 2 aliphatic heterocycles. The molecule has 3 aromatic rings. The molecular weight excluding hydrogens is 359 g/mol. The van der Waals surface area contributed by atoms with E-state index in [4.69, 9.17) is 10.7 Å². The number of nitrogens with zero attached hydrogens (tertiary/aromatic N) is 6. The number of alkyl halides is 1. The van der Waals surface area contributed by atoms with E-state index in [0.29, 0.717) is 31.6 Å². The summed E-state index contributed by atoms with van der Waals surface area (Å²) < 4.78 is 14.4. The number of pyridine rings is 1. The lowest BCUT2D eigenvalue weighted by Crippen LogP contribution is -2.46. The van der Waals surface area contributed by atoms with Gasteiger partial charge in [0.25, 0.3) is 0 Å². The zero-order chi connectivity index (χ0) is 19.1. The lowest BCUT2D eigenvalue weighted by molar-refractivity contribution is 0.135. The smallest absolute Gasteiger partial charge is 0.183 e. The molecule has 5 heterocycles. The number of fused-ring (bicyclic) bond motifs is 2. The van der Waals surface area contributed by atoms with Crippen molar-refractivity contribution in [2.45, 2.75) is 31.4 Å². The van der Waals surface area contributed by atoms with Crippen LogP contribution in [0, 0.1) is 0 Å². The Morgan fingerprint density at radius 1 is 1.21 bits per heavy atom. The maximum Gasteiger partial charge on any atom is 0.183 e. The van der Waals surface area contributed by atoms with Crippen LogP contribution in [0.1, 0.15) is 25.0 Å². The number of hydrogen-bond acceptors (Lipinski definition) is 7. The van der Waals surface area contributed by atoms with Gasteiger partial charge >= 0.3 is 0 Å². The summed E-state index contributed by atoms with van der Waals surface area (Å²) in [4.78, 5) is 18.0. The van der Waals surface area contributed by atoms with E-state index < -0.39 is 5.67 Å². The zero-order valence-electron chi connectivity index (χ0n) is 15.6. The summed E-state index contributed by atoms with van der Waals surface area (Å²) in [6.07, 6.45) is 6.39. The molecule has 0 aromatic carbocycles. The number of halogens is 1. The summed E-state index contributed by atoms with van der Waals surface area (Å²) in [5.74, 6) is 1.51. The normalized spacial score (nSPS) is 19.1. The Morgan fingerprint density at radius 3 is 2.89 bits per heavy atom. The van der Waals surface area contributed by atoms with Gasteiger partial charge in [0.1, 0.15) is 11.5 Å². The van der Waals surface area contributed by atoms with Crippen molar-refractivity contribution in [2.24, 2.45) is 5.73 Å². The van der Waals surface area contributed by atoms with Crippen LogP contribution in [-0.2, 0) is 6.42 Å². The van der Waals surface area contributed by atoms with E-state index in [2.05, 4.69) is 36.0 Å². The molecule has 0 atom stereocenters. The topological polar surface area (TPSA) is 99.9 Å². The molecular formula is C19H23FN8. The van der Waals surface area contributed by atoms with Gasteiger partial charge in [0.15, 0.2) is 17.0 Å². The molecule has 1 fully saturated rings. The number of nitrogens with two attached hydrogens (primary N) is 1. The van der Waals surface area contributed by atoms with Crippen molar-refractivity contribution in [3.05, 3.63) is 30.2 Å². The van der Waals surface area contributed by atoms with Gasteiger partial charge in [0.05, 0.1) is 17.6 Å². The van der Waals surface area contributed by atoms with E-state index in [1.165, 1.54) is 0 Å². The second-order valence-corrected chi connectivity index (χ2v) is 7.54. The summed E-state index contributed by atoms with van der Waals surface area (Å²) >= 11 is 0. The van der Waals surface area contributed by atoms with Gasteiger partial charge in [-0.1, -0.05) is 0 Å². The van der Waals surface area contributed by atoms with Crippen LogP contribution in [0.3, 0.4) is 0 Å². The maximum atomic E-state index is 14.4. The molecule has 0 unspecified atom stereocenters. The van der Waals surface area contributed by atoms with Crippen molar-refractivity contribution < 1.29 is 4.39 Å². The van der Waals surface area contributed by atoms with Crippen molar-refractivity contribution in [1.82, 2.24) is 25.1 Å². The van der Waals surface area contributed by atoms with Gasteiger partial charge in [0, 0.05) is 45.2 Å². The first-order valence-corrected chi connectivity index (χ1v) is 9.73. The first-order chi connectivity index (χ1) is 13.7. The third-order valence-electron chi connectivity index (χ3n) is 5.80. The SMILES string of the molecule is NCC1(F)CCN(c2cnc3c(N4CCCc5ncccc54)n[nH]c3n2)CC1. The molecule has 0 spiro atoms. The van der Waals surface area contributed by atoms with Gasteiger partial charge in [-0.05, 0) is 25.0 Å². The number of H-pyrrole nitrogens is 1. The molecule has 28 heavy (non-hydrogen) atoms. The number of anilines is 3. The molecule has 5 rings (SSSR count). The van der Waals surface area contributed by atoms with E-state index in [-0.39, 0.29) is 6.54 Å². The van der Waals surface area contributed by atoms with Crippen LogP contribution in [0.25, 0.3) is 11.2 Å². The second kappa shape index (κ2) is 6.66. The van der Waals surface area contributed by atoms with E-state index in [0.717, 1.165) is 47.9 Å². The molecule has 1 saturated heterocycles. The molecule has 0 radical (unpaired) electrons. The Bertz CT molecular complexity index is 995. The van der Waals surface area contributed by atoms with Crippen molar-refractivity contribution in [3.8, 4) is 0 Å². The van der Waals surface area contributed by atoms with E-state index in [9.17, 15) is 4.39 Å². The van der Waals surface area contributed by atoms with Gasteiger partial charge in [-0.25, -0.2) is 14.4 Å². The number of nitrogens with one attached hydrogen (secondary N) is 1. The number of hydrogen-bond donors (Lipinski definition) is 2. The molecule has 0 bridgehead atoms. The van der Waals surface area contributed by atoms with Crippen LogP contribution in [0.2, 0.25) is 0 Å². The molecule has 0 aliphatic carbocycles. The Kier molecular flexibility index (Phi) is 4.12. The number of aromatic nitrogens is 5. The fourth-order valence-corrected chi connectivity index (χ4v) is 4.07. The van der Waals surface area contributed by atoms with Crippen LogP contribution in [0.4, 0.5) is 21.7 Å². The second-order valence-electron chi connectivity index (χ2n) is 7.54. The third-order valence-corrected chi connectivity index (χ3v) is 5.80.